The molecule has 2 heteroatoms. The molecule has 2 aliphatic heterocycles. The van der Waals surface area contributed by atoms with Gasteiger partial charge < -0.3 is 10.6 Å². The van der Waals surface area contributed by atoms with Crippen molar-refractivity contribution in [3.63, 3.8) is 0 Å². The van der Waals surface area contributed by atoms with E-state index < -0.39 is 0 Å². The van der Waals surface area contributed by atoms with Crippen molar-refractivity contribution in [2.24, 2.45) is 17.6 Å². The summed E-state index contributed by atoms with van der Waals surface area (Å²) < 4.78 is 0. The van der Waals surface area contributed by atoms with Crippen LogP contribution in [0.1, 0.15) is 48.0 Å². The van der Waals surface area contributed by atoms with Gasteiger partial charge in [-0.05, 0) is 38.8 Å². The second kappa shape index (κ2) is 13.9. The molecule has 0 aromatic rings. The van der Waals surface area contributed by atoms with Gasteiger partial charge in [-0.25, -0.2) is 0 Å². The maximum atomic E-state index is 4.50. The van der Waals surface area contributed by atoms with E-state index in [0.29, 0.717) is 0 Å². The first-order chi connectivity index (χ1) is 6.84. The molecule has 15 heavy (non-hydrogen) atoms. The Bertz CT molecular complexity index is 88.7. The molecule has 2 N–H and O–H groups in total. The molecule has 3 fully saturated rings. The fourth-order valence-corrected chi connectivity index (χ4v) is 2.13. The minimum atomic E-state index is 0. The van der Waals surface area contributed by atoms with Crippen LogP contribution >= 0.6 is 0 Å². The number of nitrogens with zero attached hydrogens (tertiary/aromatic N) is 1. The first-order valence-electron chi connectivity index (χ1n) is 6.11. The average Bonchev–Trinajstić information content (AvgIpc) is 2.25. The third-order valence-corrected chi connectivity index (χ3v) is 2.47. The van der Waals surface area contributed by atoms with Crippen LogP contribution in [-0.4, -0.2) is 32.1 Å². The Kier molecular flexibility index (Phi) is 18.9. The molecule has 3 aliphatic rings. The summed E-state index contributed by atoms with van der Waals surface area (Å²) >= 11 is 0. The summed E-state index contributed by atoms with van der Waals surface area (Å²) in [7, 11) is 3.73. The smallest absolute Gasteiger partial charge is 0.000694 e. The summed E-state index contributed by atoms with van der Waals surface area (Å²) in [5, 5.41) is 0. The Morgan fingerprint density at radius 2 is 1.13 bits per heavy atom. The van der Waals surface area contributed by atoms with E-state index in [0.717, 1.165) is 11.8 Å². The van der Waals surface area contributed by atoms with Gasteiger partial charge in [-0.3, -0.25) is 0 Å². The van der Waals surface area contributed by atoms with Crippen LogP contribution < -0.4 is 5.73 Å². The fraction of sp³-hybridized carbons (Fsp3) is 1.00. The highest BCUT2D eigenvalue weighted by atomic mass is 15.1. The maximum Gasteiger partial charge on any atom is 0.000694 e. The third kappa shape index (κ3) is 7.80. The molecule has 0 aromatic heterocycles. The van der Waals surface area contributed by atoms with Gasteiger partial charge in [-0.15, -0.1) is 0 Å². The van der Waals surface area contributed by atoms with Crippen LogP contribution in [0.25, 0.3) is 0 Å². The Balaban J connectivity index is -0.000000182. The zero-order valence-corrected chi connectivity index (χ0v) is 11.0. The molecule has 1 saturated carbocycles. The molecular formula is C13H34N2. The van der Waals surface area contributed by atoms with E-state index in [1.54, 1.807) is 0 Å². The van der Waals surface area contributed by atoms with Crippen molar-refractivity contribution >= 4 is 0 Å². The fourth-order valence-electron chi connectivity index (χ4n) is 2.13. The summed E-state index contributed by atoms with van der Waals surface area (Å²) in [4.78, 5) is 2.46. The Labute approximate surface area is 98.2 Å². The first kappa shape index (κ1) is 20.3. The minimum absolute atomic E-state index is 0. The van der Waals surface area contributed by atoms with Gasteiger partial charge in [-0.1, -0.05) is 35.1 Å². The second-order valence-electron chi connectivity index (χ2n) is 3.42. The predicted octanol–water partition coefficient (Wildman–Crippen LogP) is 3.22. The lowest BCUT2D eigenvalue weighted by Crippen LogP contribution is -2.46. The minimum Gasteiger partial charge on any atom is -0.333 e. The summed E-state index contributed by atoms with van der Waals surface area (Å²) in [6.45, 7) is 10.7. The third-order valence-electron chi connectivity index (χ3n) is 2.47. The standard InChI is InChI=1S/C7H13N.2C2H6.CH5N.CH4/c1-8-4-6-2-7(3-6)5-8;3*1-2;/h6-7H,2-5H2,1H3;2*1-2H3;2H2,1H3;1H4. The molecule has 0 radical (unpaired) electrons. The molecule has 2 bridgehead atoms. The lowest BCUT2D eigenvalue weighted by molar-refractivity contribution is 0.0443. The molecule has 0 spiro atoms. The van der Waals surface area contributed by atoms with Gasteiger partial charge in [0.1, 0.15) is 0 Å². The van der Waals surface area contributed by atoms with Crippen molar-refractivity contribution in [1.29, 1.82) is 0 Å². The van der Waals surface area contributed by atoms with Gasteiger partial charge >= 0.3 is 0 Å². The summed E-state index contributed by atoms with van der Waals surface area (Å²) in [5.41, 5.74) is 4.50. The number of rotatable bonds is 0. The zero-order valence-electron chi connectivity index (χ0n) is 11.0. The number of hydrogen-bond acceptors (Lipinski definition) is 2. The average molecular weight is 218 g/mol. The van der Waals surface area contributed by atoms with Crippen molar-refractivity contribution < 1.29 is 0 Å². The molecule has 2 nitrogen and oxygen atoms in total. The van der Waals surface area contributed by atoms with Crippen LogP contribution in [0, 0.1) is 11.8 Å². The van der Waals surface area contributed by atoms with Gasteiger partial charge in [-0.2, -0.15) is 0 Å². The van der Waals surface area contributed by atoms with Crippen molar-refractivity contribution in [1.82, 2.24) is 4.90 Å². The van der Waals surface area contributed by atoms with E-state index in [9.17, 15) is 0 Å². The van der Waals surface area contributed by atoms with Gasteiger partial charge in [0.05, 0.1) is 0 Å². The summed E-state index contributed by atoms with van der Waals surface area (Å²) in [6.07, 6.45) is 3.06. The van der Waals surface area contributed by atoms with Crippen LogP contribution in [0.4, 0.5) is 0 Å². The normalized spacial score (nSPS) is 25.8. The molecule has 2 saturated heterocycles. The summed E-state index contributed by atoms with van der Waals surface area (Å²) in [6, 6.07) is 0. The van der Waals surface area contributed by atoms with E-state index in [1.165, 1.54) is 33.0 Å². The largest absolute Gasteiger partial charge is 0.333 e. The SMILES string of the molecule is C.CC.CC.CN.CN1CC2CC(C2)C1. The Hall–Kier alpha value is -0.0800. The molecule has 2 heterocycles. The number of nitrogens with two attached hydrogens (primary N) is 1. The highest BCUT2D eigenvalue weighted by molar-refractivity contribution is 4.87. The van der Waals surface area contributed by atoms with Crippen LogP contribution in [-0.2, 0) is 0 Å². The maximum absolute atomic E-state index is 4.50. The van der Waals surface area contributed by atoms with E-state index in [2.05, 4.69) is 17.7 Å². The predicted molar refractivity (Wildman–Crippen MR) is 73.2 cm³/mol. The Morgan fingerprint density at radius 3 is 1.27 bits per heavy atom. The van der Waals surface area contributed by atoms with E-state index in [4.69, 9.17) is 0 Å². The quantitative estimate of drug-likeness (QED) is 0.676. The van der Waals surface area contributed by atoms with E-state index in [-0.39, 0.29) is 7.43 Å². The molecule has 0 atom stereocenters. The molecule has 0 unspecified atom stereocenters. The monoisotopic (exact) mass is 218 g/mol. The van der Waals surface area contributed by atoms with Crippen LogP contribution in [0.15, 0.2) is 0 Å². The molecular weight excluding hydrogens is 184 g/mol. The highest BCUT2D eigenvalue weighted by Gasteiger charge is 2.35. The van der Waals surface area contributed by atoms with Crippen molar-refractivity contribution in [3.05, 3.63) is 0 Å². The lowest BCUT2D eigenvalue weighted by atomic mass is 9.71. The first-order valence-corrected chi connectivity index (χ1v) is 6.11. The van der Waals surface area contributed by atoms with Crippen molar-refractivity contribution in [3.8, 4) is 0 Å². The topological polar surface area (TPSA) is 29.3 Å². The molecule has 1 aliphatic carbocycles. The second-order valence-corrected chi connectivity index (χ2v) is 3.42. The van der Waals surface area contributed by atoms with Gasteiger partial charge in [0.15, 0.2) is 0 Å². The molecule has 3 rings (SSSR count). The summed E-state index contributed by atoms with van der Waals surface area (Å²) in [5.74, 6) is 2.16. The van der Waals surface area contributed by atoms with E-state index in [1.807, 2.05) is 27.7 Å². The molecule has 0 amide bonds. The van der Waals surface area contributed by atoms with Crippen molar-refractivity contribution in [2.75, 3.05) is 27.2 Å². The van der Waals surface area contributed by atoms with Gasteiger partial charge in [0.25, 0.3) is 0 Å². The van der Waals surface area contributed by atoms with Gasteiger partial charge in [0.2, 0.25) is 0 Å². The van der Waals surface area contributed by atoms with Crippen LogP contribution in [0.5, 0.6) is 0 Å². The van der Waals surface area contributed by atoms with Crippen LogP contribution in [0.2, 0.25) is 0 Å². The molecule has 96 valence electrons. The van der Waals surface area contributed by atoms with Crippen molar-refractivity contribution in [2.45, 2.75) is 48.0 Å². The highest BCUT2D eigenvalue weighted by Crippen LogP contribution is 2.38. The molecule has 0 aromatic carbocycles. The lowest BCUT2D eigenvalue weighted by Gasteiger charge is -2.45. The van der Waals surface area contributed by atoms with Crippen LogP contribution in [0.3, 0.4) is 0 Å². The number of hydrogen-bond donors (Lipinski definition) is 1. The van der Waals surface area contributed by atoms with E-state index >= 15 is 0 Å². The Morgan fingerprint density at radius 1 is 0.867 bits per heavy atom. The number of fused-ring (bicyclic) bond motifs is 2. The van der Waals surface area contributed by atoms with Gasteiger partial charge in [0, 0.05) is 13.1 Å². The number of piperidine rings is 2. The zero-order chi connectivity index (χ0) is 11.6.